The summed E-state index contributed by atoms with van der Waals surface area (Å²) >= 11 is 0. The summed E-state index contributed by atoms with van der Waals surface area (Å²) in [5.41, 5.74) is 1.71. The number of carbonyl (C=O) groups is 3. The van der Waals surface area contributed by atoms with Crippen LogP contribution in [0.25, 0.3) is 11.4 Å². The van der Waals surface area contributed by atoms with Gasteiger partial charge in [0.1, 0.15) is 12.4 Å². The number of carboxylic acid groups (broad SMARTS) is 2. The van der Waals surface area contributed by atoms with Crippen LogP contribution in [0.15, 0.2) is 29.3 Å². The molecule has 0 aromatic carbocycles. The van der Waals surface area contributed by atoms with E-state index in [9.17, 15) is 9.59 Å². The molecule has 3 aliphatic rings. The van der Waals surface area contributed by atoms with Crippen molar-refractivity contribution in [1.82, 2.24) is 29.7 Å². The van der Waals surface area contributed by atoms with Crippen molar-refractivity contribution in [2.24, 2.45) is 5.92 Å². The van der Waals surface area contributed by atoms with Gasteiger partial charge >= 0.3 is 0 Å². The number of fused-ring (bicyclic) bond motifs is 4. The van der Waals surface area contributed by atoms with Crippen LogP contribution in [0, 0.1) is 5.92 Å². The Balaban J connectivity index is 0.000000398. The number of piperidine rings is 1. The first kappa shape index (κ1) is 27.1. The van der Waals surface area contributed by atoms with E-state index in [0.717, 1.165) is 71.8 Å². The minimum Gasteiger partial charge on any atom is -0.481 e. The van der Waals surface area contributed by atoms with E-state index in [2.05, 4.69) is 21.7 Å². The van der Waals surface area contributed by atoms with E-state index >= 15 is 0 Å². The number of nitrogens with one attached hydrogen (secondary N) is 2. The van der Waals surface area contributed by atoms with E-state index in [4.69, 9.17) is 19.8 Å². The van der Waals surface area contributed by atoms with Crippen molar-refractivity contribution in [1.29, 1.82) is 0 Å². The molecule has 2 fully saturated rings. The lowest BCUT2D eigenvalue weighted by Crippen LogP contribution is -2.47. The Bertz CT molecular complexity index is 1120. The number of rotatable bonds is 3. The number of aromatic nitrogens is 3. The lowest BCUT2D eigenvalue weighted by molar-refractivity contribution is -0.135. The van der Waals surface area contributed by atoms with Crippen molar-refractivity contribution in [3.63, 3.8) is 0 Å². The fraction of sp³-hybridized carbons (Fsp3) is 0.542. The Kier molecular flexibility index (Phi) is 9.37. The highest BCUT2D eigenvalue weighted by molar-refractivity contribution is 5.77. The Morgan fingerprint density at radius 1 is 1.06 bits per heavy atom. The van der Waals surface area contributed by atoms with Gasteiger partial charge < -0.3 is 34.9 Å². The van der Waals surface area contributed by atoms with Crippen molar-refractivity contribution < 1.29 is 24.6 Å². The molecule has 2 saturated heterocycles. The smallest absolute Gasteiger partial charge is 0.300 e. The third-order valence-corrected chi connectivity index (χ3v) is 6.24. The molecule has 196 valence electrons. The Labute approximate surface area is 208 Å². The van der Waals surface area contributed by atoms with Crippen molar-refractivity contribution in [3.05, 3.63) is 40.6 Å². The highest BCUT2D eigenvalue weighted by Crippen LogP contribution is 2.32. The van der Waals surface area contributed by atoms with E-state index in [1.54, 1.807) is 17.0 Å². The van der Waals surface area contributed by atoms with Gasteiger partial charge in [-0.25, -0.2) is 4.98 Å². The standard InChI is InChI=1S/C20H26N6O2.2C2H4O2/c27-18(24-6-3-21-4-7-24)13-25-8-5-23-19(25)16-1-2-17-15-9-14(10-22-11-15)12-26(17)20(16)28;2*1-2(3)4/h1-2,5,8,14-15,21-22H,3-4,6-7,9-13H2;2*1H3,(H,3,4)/t14-,15+;;/m0../s1. The van der Waals surface area contributed by atoms with Gasteiger partial charge in [-0.1, -0.05) is 0 Å². The second-order valence-electron chi connectivity index (χ2n) is 9.09. The zero-order valence-corrected chi connectivity index (χ0v) is 20.6. The van der Waals surface area contributed by atoms with Crippen LogP contribution >= 0.6 is 0 Å². The fourth-order valence-electron chi connectivity index (χ4n) is 4.80. The summed E-state index contributed by atoms with van der Waals surface area (Å²) in [6, 6.07) is 3.96. The average molecular weight is 503 g/mol. The maximum atomic E-state index is 13.3. The molecule has 2 atom stereocenters. The van der Waals surface area contributed by atoms with Gasteiger partial charge in [-0.15, -0.1) is 0 Å². The number of carbonyl (C=O) groups excluding carboxylic acids is 1. The maximum absolute atomic E-state index is 13.3. The molecule has 2 aromatic rings. The van der Waals surface area contributed by atoms with Gasteiger partial charge in [0.15, 0.2) is 0 Å². The monoisotopic (exact) mass is 502 g/mol. The van der Waals surface area contributed by atoms with Gasteiger partial charge in [0.05, 0.1) is 5.56 Å². The third kappa shape index (κ3) is 7.01. The Hall–Kier alpha value is -3.51. The Morgan fingerprint density at radius 3 is 2.39 bits per heavy atom. The first-order valence-corrected chi connectivity index (χ1v) is 12.0. The second-order valence-corrected chi connectivity index (χ2v) is 9.09. The number of nitrogens with zero attached hydrogens (tertiary/aromatic N) is 4. The molecule has 12 nitrogen and oxygen atoms in total. The average Bonchev–Trinajstić information content (AvgIpc) is 3.27. The lowest BCUT2D eigenvalue weighted by atomic mass is 9.84. The van der Waals surface area contributed by atoms with Crippen molar-refractivity contribution in [3.8, 4) is 11.4 Å². The van der Waals surface area contributed by atoms with E-state index in [0.29, 0.717) is 23.2 Å². The Morgan fingerprint density at radius 2 is 1.72 bits per heavy atom. The summed E-state index contributed by atoms with van der Waals surface area (Å²) in [5, 5.41) is 21.6. The summed E-state index contributed by atoms with van der Waals surface area (Å²) < 4.78 is 3.74. The number of pyridine rings is 1. The highest BCUT2D eigenvalue weighted by atomic mass is 16.4. The van der Waals surface area contributed by atoms with E-state index in [1.165, 1.54) is 0 Å². The molecule has 1 amide bonds. The molecule has 36 heavy (non-hydrogen) atoms. The molecular formula is C24H34N6O6. The summed E-state index contributed by atoms with van der Waals surface area (Å²) in [7, 11) is 0. The summed E-state index contributed by atoms with van der Waals surface area (Å²) in [4.78, 5) is 50.2. The molecule has 5 rings (SSSR count). The third-order valence-electron chi connectivity index (χ3n) is 6.24. The number of aliphatic carboxylic acids is 2. The normalized spacial score (nSPS) is 20.1. The molecule has 0 aliphatic carbocycles. The van der Waals surface area contributed by atoms with Crippen LogP contribution in [0.2, 0.25) is 0 Å². The van der Waals surface area contributed by atoms with Gasteiger partial charge in [-0.05, 0) is 31.0 Å². The molecule has 2 bridgehead atoms. The molecule has 0 saturated carbocycles. The second kappa shape index (κ2) is 12.5. The molecule has 3 aliphatic heterocycles. The molecule has 0 radical (unpaired) electrons. The van der Waals surface area contributed by atoms with Gasteiger partial charge in [0.25, 0.3) is 17.5 Å². The number of imidazole rings is 1. The lowest BCUT2D eigenvalue weighted by Gasteiger charge is -2.37. The molecule has 12 heteroatoms. The van der Waals surface area contributed by atoms with Crippen molar-refractivity contribution in [2.45, 2.75) is 39.3 Å². The van der Waals surface area contributed by atoms with Crippen LogP contribution in [0.5, 0.6) is 0 Å². The SMILES string of the molecule is CC(=O)O.CC(=O)O.O=C(Cn1ccnc1-c1ccc2n(c1=O)C[C@@H]1CNC[C@H]2C1)N1CCNCC1. The number of hydrogen-bond donors (Lipinski definition) is 4. The first-order valence-electron chi connectivity index (χ1n) is 12.0. The van der Waals surface area contributed by atoms with Crippen LogP contribution < -0.4 is 16.2 Å². The van der Waals surface area contributed by atoms with Gasteiger partial charge in [0, 0.05) is 77.1 Å². The molecule has 4 N–H and O–H groups in total. The molecular weight excluding hydrogens is 468 g/mol. The summed E-state index contributed by atoms with van der Waals surface area (Å²) in [5.74, 6) is -0.103. The van der Waals surface area contributed by atoms with Crippen molar-refractivity contribution in [2.75, 3.05) is 39.3 Å². The minimum atomic E-state index is -0.833. The van der Waals surface area contributed by atoms with Crippen LogP contribution in [0.4, 0.5) is 0 Å². The van der Waals surface area contributed by atoms with Crippen molar-refractivity contribution >= 4 is 17.8 Å². The van der Waals surface area contributed by atoms with Crippen LogP contribution in [0.1, 0.15) is 31.9 Å². The number of piperazine rings is 1. The van der Waals surface area contributed by atoms with E-state index < -0.39 is 11.9 Å². The van der Waals surface area contributed by atoms with Gasteiger partial charge in [-0.2, -0.15) is 0 Å². The van der Waals surface area contributed by atoms with Crippen LogP contribution in [0.3, 0.4) is 0 Å². The van der Waals surface area contributed by atoms with Crippen LogP contribution in [-0.2, 0) is 27.5 Å². The quantitative estimate of drug-likeness (QED) is 0.454. The maximum Gasteiger partial charge on any atom is 0.300 e. The number of carboxylic acids is 2. The van der Waals surface area contributed by atoms with Gasteiger partial charge in [0.2, 0.25) is 5.91 Å². The minimum absolute atomic E-state index is 0.0103. The number of amides is 1. The highest BCUT2D eigenvalue weighted by Gasteiger charge is 2.31. The summed E-state index contributed by atoms with van der Waals surface area (Å²) in [6.45, 7) is 8.14. The van der Waals surface area contributed by atoms with Gasteiger partial charge in [-0.3, -0.25) is 19.2 Å². The number of hydrogen-bond acceptors (Lipinski definition) is 7. The molecule has 2 aromatic heterocycles. The zero-order chi connectivity index (χ0) is 26.2. The van der Waals surface area contributed by atoms with Crippen LogP contribution in [-0.4, -0.2) is 86.3 Å². The van der Waals surface area contributed by atoms with E-state index in [1.807, 2.05) is 15.5 Å². The fourth-order valence-corrected chi connectivity index (χ4v) is 4.80. The van der Waals surface area contributed by atoms with E-state index in [-0.39, 0.29) is 18.0 Å². The predicted molar refractivity (Wildman–Crippen MR) is 132 cm³/mol. The zero-order valence-electron chi connectivity index (χ0n) is 20.6. The molecule has 0 spiro atoms. The summed E-state index contributed by atoms with van der Waals surface area (Å²) in [6.07, 6.45) is 4.61. The predicted octanol–water partition coefficient (Wildman–Crippen LogP) is 0.0321. The molecule has 0 unspecified atom stereocenters. The molecule has 5 heterocycles. The largest absolute Gasteiger partial charge is 0.481 e. The topological polar surface area (TPSA) is 159 Å². The first-order chi connectivity index (χ1) is 17.2.